The van der Waals surface area contributed by atoms with Crippen LogP contribution in [0.2, 0.25) is 0 Å². The van der Waals surface area contributed by atoms with Crippen molar-refractivity contribution >= 4 is 33.2 Å². The van der Waals surface area contributed by atoms with Crippen molar-refractivity contribution in [2.75, 3.05) is 32.7 Å². The molecule has 4 nitrogen and oxygen atoms in total. The third-order valence-electron chi connectivity index (χ3n) is 4.22. The average molecular weight is 408 g/mol. The van der Waals surface area contributed by atoms with Gasteiger partial charge in [0.25, 0.3) is 0 Å². The molecule has 0 unspecified atom stereocenters. The smallest absolute Gasteiger partial charge is 0.234 e. The second-order valence-electron chi connectivity index (χ2n) is 6.01. The maximum absolute atomic E-state index is 12.1. The molecule has 0 spiro atoms. The van der Waals surface area contributed by atoms with Crippen molar-refractivity contribution in [3.63, 3.8) is 0 Å². The molecule has 3 rings (SSSR count). The maximum atomic E-state index is 12.1. The van der Waals surface area contributed by atoms with Crippen LogP contribution < -0.4 is 5.32 Å². The fourth-order valence-corrected chi connectivity index (χ4v) is 4.32. The summed E-state index contributed by atoms with van der Waals surface area (Å²) in [5, 5.41) is 5.12. The zero-order chi connectivity index (χ0) is 16.8. The van der Waals surface area contributed by atoms with Crippen molar-refractivity contribution in [2.45, 2.75) is 13.1 Å². The van der Waals surface area contributed by atoms with Gasteiger partial charge in [-0.05, 0) is 32.9 Å². The van der Waals surface area contributed by atoms with E-state index < -0.39 is 0 Å². The van der Waals surface area contributed by atoms with Gasteiger partial charge in [-0.2, -0.15) is 0 Å². The van der Waals surface area contributed by atoms with Crippen LogP contribution in [0.5, 0.6) is 0 Å². The normalized spacial score (nSPS) is 16.2. The van der Waals surface area contributed by atoms with Crippen LogP contribution in [0.4, 0.5) is 0 Å². The summed E-state index contributed by atoms with van der Waals surface area (Å²) >= 11 is 5.39. The van der Waals surface area contributed by atoms with Gasteiger partial charge in [0, 0.05) is 48.6 Å². The van der Waals surface area contributed by atoms with E-state index >= 15 is 0 Å². The van der Waals surface area contributed by atoms with Crippen LogP contribution in [0.1, 0.15) is 10.4 Å². The highest BCUT2D eigenvalue weighted by atomic mass is 79.9. The van der Waals surface area contributed by atoms with Gasteiger partial charge in [0.15, 0.2) is 0 Å². The molecule has 1 aliphatic heterocycles. The van der Waals surface area contributed by atoms with Crippen LogP contribution in [-0.4, -0.2) is 48.4 Å². The summed E-state index contributed by atoms with van der Waals surface area (Å²) in [4.78, 5) is 18.2. The van der Waals surface area contributed by atoms with Crippen molar-refractivity contribution in [3.05, 3.63) is 56.7 Å². The standard InChI is InChI=1S/C18H22BrN3OS/c19-16-6-11-24-17(16)13-21-7-9-22(10-8-21)14-18(23)20-12-15-4-2-1-3-5-15/h1-6,11H,7-10,12-14H2,(H,20,23). The minimum absolute atomic E-state index is 0.105. The molecular formula is C18H22BrN3OS. The lowest BCUT2D eigenvalue weighted by Gasteiger charge is -2.34. The fourth-order valence-electron chi connectivity index (χ4n) is 2.80. The summed E-state index contributed by atoms with van der Waals surface area (Å²) in [6, 6.07) is 12.1. The molecule has 6 heteroatoms. The van der Waals surface area contributed by atoms with Crippen LogP contribution in [0.25, 0.3) is 0 Å². The number of thiophene rings is 1. The highest BCUT2D eigenvalue weighted by Crippen LogP contribution is 2.24. The summed E-state index contributed by atoms with van der Waals surface area (Å²) in [5.74, 6) is 0.105. The molecule has 0 aliphatic carbocycles. The quantitative estimate of drug-likeness (QED) is 0.799. The van der Waals surface area contributed by atoms with E-state index in [4.69, 9.17) is 0 Å². The minimum Gasteiger partial charge on any atom is -0.351 e. The Hall–Kier alpha value is -1.21. The van der Waals surface area contributed by atoms with E-state index in [-0.39, 0.29) is 5.91 Å². The SMILES string of the molecule is O=C(CN1CCN(Cc2sccc2Br)CC1)NCc1ccccc1. The number of nitrogens with zero attached hydrogens (tertiary/aromatic N) is 2. The third kappa shape index (κ3) is 5.14. The fraction of sp³-hybridized carbons (Fsp3) is 0.389. The molecule has 1 aromatic heterocycles. The predicted octanol–water partition coefficient (Wildman–Crippen LogP) is 2.94. The summed E-state index contributed by atoms with van der Waals surface area (Å²) in [6.45, 7) is 6.00. The Bertz CT molecular complexity index is 653. The minimum atomic E-state index is 0.105. The highest BCUT2D eigenvalue weighted by molar-refractivity contribution is 9.10. The van der Waals surface area contributed by atoms with Crippen LogP contribution in [0, 0.1) is 0 Å². The molecule has 24 heavy (non-hydrogen) atoms. The molecule has 0 bridgehead atoms. The summed E-state index contributed by atoms with van der Waals surface area (Å²) in [7, 11) is 0. The van der Waals surface area contributed by atoms with E-state index in [9.17, 15) is 4.79 Å². The van der Waals surface area contributed by atoms with Crippen LogP contribution in [0.3, 0.4) is 0 Å². The molecule has 1 aromatic carbocycles. The number of rotatable bonds is 6. The number of piperazine rings is 1. The molecule has 128 valence electrons. The first-order chi connectivity index (χ1) is 11.7. The topological polar surface area (TPSA) is 35.6 Å². The highest BCUT2D eigenvalue weighted by Gasteiger charge is 2.19. The van der Waals surface area contributed by atoms with E-state index in [0.717, 1.165) is 38.3 Å². The van der Waals surface area contributed by atoms with Gasteiger partial charge in [0.2, 0.25) is 5.91 Å². The van der Waals surface area contributed by atoms with Crippen LogP contribution in [0.15, 0.2) is 46.3 Å². The van der Waals surface area contributed by atoms with Gasteiger partial charge in [0.05, 0.1) is 6.54 Å². The number of amides is 1. The lowest BCUT2D eigenvalue weighted by molar-refractivity contribution is -0.122. The number of carbonyl (C=O) groups excluding carboxylic acids is 1. The van der Waals surface area contributed by atoms with Crippen molar-refractivity contribution in [3.8, 4) is 0 Å². The third-order valence-corrected chi connectivity index (χ3v) is 6.13. The van der Waals surface area contributed by atoms with Gasteiger partial charge in [-0.3, -0.25) is 14.6 Å². The van der Waals surface area contributed by atoms with Gasteiger partial charge < -0.3 is 5.32 Å². The number of halogens is 1. The first-order valence-corrected chi connectivity index (χ1v) is 9.85. The molecule has 1 N–H and O–H groups in total. The van der Waals surface area contributed by atoms with E-state index in [2.05, 4.69) is 42.5 Å². The van der Waals surface area contributed by atoms with Crippen molar-refractivity contribution in [2.24, 2.45) is 0 Å². The molecule has 2 aromatic rings. The van der Waals surface area contributed by atoms with E-state index in [1.807, 2.05) is 30.3 Å². The Morgan fingerprint density at radius 1 is 1.08 bits per heavy atom. The lowest BCUT2D eigenvalue weighted by Crippen LogP contribution is -2.49. The number of nitrogens with one attached hydrogen (secondary N) is 1. The van der Waals surface area contributed by atoms with Crippen LogP contribution in [-0.2, 0) is 17.9 Å². The largest absolute Gasteiger partial charge is 0.351 e. The van der Waals surface area contributed by atoms with Crippen molar-refractivity contribution in [1.82, 2.24) is 15.1 Å². The molecule has 1 saturated heterocycles. The average Bonchev–Trinajstić information content (AvgIpc) is 3.01. The molecule has 1 aliphatic rings. The zero-order valence-corrected chi connectivity index (χ0v) is 16.0. The molecule has 0 radical (unpaired) electrons. The lowest BCUT2D eigenvalue weighted by atomic mass is 10.2. The van der Waals surface area contributed by atoms with Crippen molar-refractivity contribution < 1.29 is 4.79 Å². The summed E-state index contributed by atoms with van der Waals surface area (Å²) in [6.07, 6.45) is 0. The predicted molar refractivity (Wildman–Crippen MR) is 102 cm³/mol. The van der Waals surface area contributed by atoms with Crippen molar-refractivity contribution in [1.29, 1.82) is 0 Å². The molecular weight excluding hydrogens is 386 g/mol. The number of hydrogen-bond acceptors (Lipinski definition) is 4. The summed E-state index contributed by atoms with van der Waals surface area (Å²) < 4.78 is 1.20. The number of carbonyl (C=O) groups is 1. The molecule has 1 amide bonds. The van der Waals surface area contributed by atoms with Gasteiger partial charge in [-0.1, -0.05) is 30.3 Å². The van der Waals surface area contributed by atoms with Gasteiger partial charge in [-0.25, -0.2) is 0 Å². The molecule has 1 fully saturated rings. The Labute approximate surface area is 155 Å². The molecule has 2 heterocycles. The Balaban J connectivity index is 1.37. The first kappa shape index (κ1) is 17.6. The first-order valence-electron chi connectivity index (χ1n) is 8.18. The number of hydrogen-bond donors (Lipinski definition) is 1. The molecule has 0 saturated carbocycles. The van der Waals surface area contributed by atoms with E-state index in [1.165, 1.54) is 9.35 Å². The van der Waals surface area contributed by atoms with E-state index in [0.29, 0.717) is 13.1 Å². The van der Waals surface area contributed by atoms with Gasteiger partial charge in [0.1, 0.15) is 0 Å². The van der Waals surface area contributed by atoms with Gasteiger partial charge >= 0.3 is 0 Å². The second kappa shape index (κ2) is 8.76. The maximum Gasteiger partial charge on any atom is 0.234 e. The second-order valence-corrected chi connectivity index (χ2v) is 7.86. The zero-order valence-electron chi connectivity index (χ0n) is 13.6. The Morgan fingerprint density at radius 2 is 1.79 bits per heavy atom. The Morgan fingerprint density at radius 3 is 2.46 bits per heavy atom. The monoisotopic (exact) mass is 407 g/mol. The Kier molecular flexibility index (Phi) is 6.43. The van der Waals surface area contributed by atoms with Gasteiger partial charge in [-0.15, -0.1) is 11.3 Å². The number of benzene rings is 1. The van der Waals surface area contributed by atoms with Crippen LogP contribution >= 0.6 is 27.3 Å². The van der Waals surface area contributed by atoms with E-state index in [1.54, 1.807) is 11.3 Å². The summed E-state index contributed by atoms with van der Waals surface area (Å²) in [5.41, 5.74) is 1.14. The molecule has 0 atom stereocenters.